The molecule has 0 saturated carbocycles. The second kappa shape index (κ2) is 10.2. The number of ether oxygens (including phenoxy) is 1. The fraction of sp³-hybridized carbons (Fsp3) is 0.500. The molecule has 162 valence electrons. The van der Waals surface area contributed by atoms with Crippen molar-refractivity contribution in [1.82, 2.24) is 20.9 Å². The summed E-state index contributed by atoms with van der Waals surface area (Å²) in [6.45, 7) is 5.56. The Hall–Kier alpha value is -2.87. The molecule has 0 bridgehead atoms. The molecule has 0 radical (unpaired) electrons. The number of rotatable bonds is 8. The van der Waals surface area contributed by atoms with E-state index in [0.717, 1.165) is 24.8 Å². The van der Waals surface area contributed by atoms with Gasteiger partial charge >= 0.3 is 12.0 Å². The topological polar surface area (TPSA) is 99.8 Å². The largest absolute Gasteiger partial charge is 0.463 e. The summed E-state index contributed by atoms with van der Waals surface area (Å²) in [5.74, 6) is -0.478. The number of carbonyl (C=O) groups is 3. The highest BCUT2D eigenvalue weighted by Gasteiger charge is 2.36. The number of nitrogens with zero attached hydrogens (tertiary/aromatic N) is 1. The number of piperazine rings is 1. The normalized spacial score (nSPS) is 22.2. The molecule has 1 aromatic carbocycles. The van der Waals surface area contributed by atoms with Crippen molar-refractivity contribution in [2.45, 2.75) is 45.2 Å². The fourth-order valence-electron chi connectivity index (χ4n) is 3.95. The lowest BCUT2D eigenvalue weighted by molar-refractivity contribution is -0.139. The summed E-state index contributed by atoms with van der Waals surface area (Å²) >= 11 is 0. The van der Waals surface area contributed by atoms with E-state index >= 15 is 0 Å². The van der Waals surface area contributed by atoms with Gasteiger partial charge in [-0.2, -0.15) is 0 Å². The van der Waals surface area contributed by atoms with Gasteiger partial charge in [-0.15, -0.1) is 0 Å². The lowest BCUT2D eigenvalue weighted by Gasteiger charge is -2.37. The Morgan fingerprint density at radius 1 is 1.20 bits per heavy atom. The summed E-state index contributed by atoms with van der Waals surface area (Å²) in [4.78, 5) is 39.8. The number of hydrogen-bond acceptors (Lipinski definition) is 5. The molecular formula is C22H30N4O4. The molecule has 1 saturated heterocycles. The van der Waals surface area contributed by atoms with E-state index < -0.39 is 12.0 Å². The van der Waals surface area contributed by atoms with E-state index in [0.29, 0.717) is 30.9 Å². The van der Waals surface area contributed by atoms with Gasteiger partial charge in [0.1, 0.15) is 0 Å². The van der Waals surface area contributed by atoms with E-state index in [1.165, 1.54) is 0 Å². The predicted octanol–water partition coefficient (Wildman–Crippen LogP) is 1.85. The maximum Gasteiger partial charge on any atom is 0.338 e. The van der Waals surface area contributed by atoms with Crippen LogP contribution in [0.4, 0.5) is 4.79 Å². The summed E-state index contributed by atoms with van der Waals surface area (Å²) in [7, 11) is 0. The van der Waals surface area contributed by atoms with Gasteiger partial charge in [-0.1, -0.05) is 50.1 Å². The molecule has 2 atom stereocenters. The molecule has 2 heterocycles. The third-order valence-corrected chi connectivity index (χ3v) is 5.42. The number of nitrogens with one attached hydrogen (secondary N) is 3. The van der Waals surface area contributed by atoms with Crippen LogP contribution in [0.15, 0.2) is 41.6 Å². The van der Waals surface area contributed by atoms with Gasteiger partial charge in [-0.25, -0.2) is 9.59 Å². The van der Waals surface area contributed by atoms with E-state index in [9.17, 15) is 14.4 Å². The molecular weight excluding hydrogens is 384 g/mol. The zero-order valence-corrected chi connectivity index (χ0v) is 17.6. The first-order valence-corrected chi connectivity index (χ1v) is 10.6. The fourth-order valence-corrected chi connectivity index (χ4v) is 3.95. The minimum absolute atomic E-state index is 0.00662. The van der Waals surface area contributed by atoms with Gasteiger partial charge in [0.15, 0.2) is 0 Å². The van der Waals surface area contributed by atoms with E-state index in [4.69, 9.17) is 4.74 Å². The number of urea groups is 1. The first-order chi connectivity index (χ1) is 14.5. The number of unbranched alkanes of at least 4 members (excludes halogenated alkanes) is 1. The molecule has 0 spiro atoms. The van der Waals surface area contributed by atoms with Crippen LogP contribution in [0.3, 0.4) is 0 Å². The Morgan fingerprint density at radius 2 is 1.97 bits per heavy atom. The van der Waals surface area contributed by atoms with Crippen LogP contribution in [0, 0.1) is 0 Å². The zero-order valence-electron chi connectivity index (χ0n) is 17.6. The van der Waals surface area contributed by atoms with Crippen molar-refractivity contribution < 1.29 is 19.1 Å². The van der Waals surface area contributed by atoms with E-state index in [2.05, 4.69) is 22.9 Å². The molecule has 3 amide bonds. The van der Waals surface area contributed by atoms with Crippen molar-refractivity contribution in [2.24, 2.45) is 0 Å². The van der Waals surface area contributed by atoms with Gasteiger partial charge in [0, 0.05) is 25.3 Å². The standard InChI is InChI=1S/C22H30N4O4/c1-3-5-11-17-20(27)23-12-13-26(17)14-16-18(21(28)30-4-2)19(25-22(29)24-16)15-9-7-6-8-10-15/h6-10,17,19H,3-5,11-14H2,1-2H3,(H,23,27)(H2,24,25,29)/t17-,19+/m1/s1. The first kappa shape index (κ1) is 21.8. The maximum atomic E-state index is 12.9. The summed E-state index contributed by atoms with van der Waals surface area (Å²) in [6.07, 6.45) is 2.66. The summed E-state index contributed by atoms with van der Waals surface area (Å²) < 4.78 is 5.31. The molecule has 1 fully saturated rings. The Morgan fingerprint density at radius 3 is 2.67 bits per heavy atom. The molecule has 1 aromatic rings. The molecule has 3 rings (SSSR count). The SMILES string of the molecule is CCCC[C@@H]1C(=O)NCCN1CC1=C(C(=O)OCC)[C@H](c2ccccc2)NC(=O)N1. The Bertz CT molecular complexity index is 809. The van der Waals surface area contributed by atoms with Crippen LogP contribution in [0.1, 0.15) is 44.7 Å². The van der Waals surface area contributed by atoms with E-state index in [-0.39, 0.29) is 24.6 Å². The second-order valence-electron chi connectivity index (χ2n) is 7.47. The van der Waals surface area contributed by atoms with E-state index in [1.54, 1.807) is 6.92 Å². The van der Waals surface area contributed by atoms with Crippen molar-refractivity contribution in [3.8, 4) is 0 Å². The summed E-state index contributed by atoms with van der Waals surface area (Å²) in [5.41, 5.74) is 1.66. The molecule has 3 N–H and O–H groups in total. The predicted molar refractivity (Wildman–Crippen MR) is 112 cm³/mol. The van der Waals surface area contributed by atoms with Crippen LogP contribution in [0.5, 0.6) is 0 Å². The van der Waals surface area contributed by atoms with Crippen LogP contribution in [0.25, 0.3) is 0 Å². The quantitative estimate of drug-likeness (QED) is 0.564. The minimum atomic E-state index is -0.610. The molecule has 2 aliphatic heterocycles. The lowest BCUT2D eigenvalue weighted by atomic mass is 9.94. The lowest BCUT2D eigenvalue weighted by Crippen LogP contribution is -2.57. The van der Waals surface area contributed by atoms with Crippen molar-refractivity contribution in [2.75, 3.05) is 26.2 Å². The average molecular weight is 415 g/mol. The molecule has 8 heteroatoms. The highest BCUT2D eigenvalue weighted by Crippen LogP contribution is 2.28. The molecule has 0 aromatic heterocycles. The van der Waals surface area contributed by atoms with Crippen molar-refractivity contribution in [3.63, 3.8) is 0 Å². The Balaban J connectivity index is 1.96. The van der Waals surface area contributed by atoms with Crippen molar-refractivity contribution in [1.29, 1.82) is 0 Å². The van der Waals surface area contributed by atoms with Crippen molar-refractivity contribution in [3.05, 3.63) is 47.2 Å². The maximum absolute atomic E-state index is 12.9. The third kappa shape index (κ3) is 4.99. The molecule has 0 aliphatic carbocycles. The summed E-state index contributed by atoms with van der Waals surface area (Å²) in [6, 6.07) is 8.07. The van der Waals surface area contributed by atoms with Crippen LogP contribution in [-0.4, -0.2) is 55.1 Å². The monoisotopic (exact) mass is 414 g/mol. The molecule has 8 nitrogen and oxygen atoms in total. The van der Waals surface area contributed by atoms with Gasteiger partial charge in [0.25, 0.3) is 0 Å². The number of amides is 3. The van der Waals surface area contributed by atoms with Gasteiger partial charge in [0.05, 0.1) is 24.3 Å². The summed E-state index contributed by atoms with van der Waals surface area (Å²) in [5, 5.41) is 8.55. The highest BCUT2D eigenvalue weighted by atomic mass is 16.5. The van der Waals surface area contributed by atoms with Gasteiger partial charge in [-0.3, -0.25) is 9.69 Å². The molecule has 2 aliphatic rings. The van der Waals surface area contributed by atoms with Crippen molar-refractivity contribution >= 4 is 17.9 Å². The Kier molecular flexibility index (Phi) is 7.46. The molecule has 0 unspecified atom stereocenters. The number of benzene rings is 1. The smallest absolute Gasteiger partial charge is 0.338 e. The van der Waals surface area contributed by atoms with Gasteiger partial charge in [0.2, 0.25) is 5.91 Å². The van der Waals surface area contributed by atoms with E-state index in [1.807, 2.05) is 35.2 Å². The van der Waals surface area contributed by atoms with Crippen LogP contribution < -0.4 is 16.0 Å². The Labute approximate surface area is 177 Å². The van der Waals surface area contributed by atoms with Crippen LogP contribution in [-0.2, 0) is 14.3 Å². The third-order valence-electron chi connectivity index (χ3n) is 5.42. The minimum Gasteiger partial charge on any atom is -0.463 e. The van der Waals surface area contributed by atoms with Crippen LogP contribution >= 0.6 is 0 Å². The molecule has 30 heavy (non-hydrogen) atoms. The number of esters is 1. The second-order valence-corrected chi connectivity index (χ2v) is 7.47. The average Bonchev–Trinajstić information content (AvgIpc) is 2.74. The highest BCUT2D eigenvalue weighted by molar-refractivity contribution is 5.95. The zero-order chi connectivity index (χ0) is 21.5. The van der Waals surface area contributed by atoms with Crippen LogP contribution in [0.2, 0.25) is 0 Å². The van der Waals surface area contributed by atoms with Gasteiger partial charge < -0.3 is 20.7 Å². The van der Waals surface area contributed by atoms with Gasteiger partial charge in [-0.05, 0) is 18.9 Å². The number of hydrogen-bond donors (Lipinski definition) is 3. The number of carbonyl (C=O) groups excluding carboxylic acids is 3. The first-order valence-electron chi connectivity index (χ1n) is 10.6.